The topological polar surface area (TPSA) is 89.4 Å². The summed E-state index contributed by atoms with van der Waals surface area (Å²) in [4.78, 5) is 12.0. The number of hydrogen-bond acceptors (Lipinski definition) is 5. The van der Waals surface area contributed by atoms with Gasteiger partial charge in [-0.15, -0.1) is 5.10 Å². The number of amides is 1. The standard InChI is InChI=1S/C20H21FN4O2/c1-3-12(13-4-6-16(21)7-5-13)8-15-9-14(18-11-23-25-24-18)10-17(20(22)26)19(15)27-2/h4-7,9-12,18H,3,8H2,1-2H3,(H2,22,26). The number of ether oxygens (including phenoxy) is 1. The second-order valence-corrected chi connectivity index (χ2v) is 6.40. The van der Waals surface area contributed by atoms with Gasteiger partial charge in [-0.3, -0.25) is 4.79 Å². The van der Waals surface area contributed by atoms with Crippen molar-refractivity contribution in [3.05, 3.63) is 64.5 Å². The molecule has 3 rings (SSSR count). The number of nitrogens with zero attached hydrogens (tertiary/aromatic N) is 3. The van der Waals surface area contributed by atoms with Crippen molar-refractivity contribution in [3.63, 3.8) is 0 Å². The lowest BCUT2D eigenvalue weighted by Crippen LogP contribution is -2.15. The van der Waals surface area contributed by atoms with Crippen LogP contribution in [0.5, 0.6) is 5.75 Å². The van der Waals surface area contributed by atoms with E-state index < -0.39 is 5.91 Å². The monoisotopic (exact) mass is 368 g/mol. The molecule has 2 aromatic rings. The van der Waals surface area contributed by atoms with Crippen molar-refractivity contribution in [1.29, 1.82) is 0 Å². The first-order valence-electron chi connectivity index (χ1n) is 8.72. The van der Waals surface area contributed by atoms with Crippen LogP contribution in [0.1, 0.15) is 52.4 Å². The predicted octanol–water partition coefficient (Wildman–Crippen LogP) is 4.16. The van der Waals surface area contributed by atoms with Crippen LogP contribution in [0, 0.1) is 5.82 Å². The number of benzene rings is 2. The molecule has 0 saturated heterocycles. The number of methoxy groups -OCH3 is 1. The van der Waals surface area contributed by atoms with E-state index in [-0.39, 0.29) is 17.8 Å². The van der Waals surface area contributed by atoms with Crippen LogP contribution in [-0.2, 0) is 6.42 Å². The van der Waals surface area contributed by atoms with Crippen molar-refractivity contribution in [1.82, 2.24) is 0 Å². The van der Waals surface area contributed by atoms with Gasteiger partial charge in [0.05, 0.1) is 18.9 Å². The maximum absolute atomic E-state index is 13.3. The number of carbonyl (C=O) groups is 1. The number of primary amides is 1. The predicted molar refractivity (Wildman–Crippen MR) is 101 cm³/mol. The lowest BCUT2D eigenvalue weighted by Gasteiger charge is -2.20. The largest absolute Gasteiger partial charge is 0.496 e. The molecule has 0 radical (unpaired) electrons. The second-order valence-electron chi connectivity index (χ2n) is 6.40. The Morgan fingerprint density at radius 1 is 1.30 bits per heavy atom. The summed E-state index contributed by atoms with van der Waals surface area (Å²) in [5.41, 5.74) is 8.51. The Morgan fingerprint density at radius 2 is 2.04 bits per heavy atom. The number of hydrogen-bond donors (Lipinski definition) is 1. The van der Waals surface area contributed by atoms with E-state index in [4.69, 9.17) is 10.5 Å². The molecule has 0 spiro atoms. The van der Waals surface area contributed by atoms with Gasteiger partial charge in [-0.1, -0.05) is 19.1 Å². The van der Waals surface area contributed by atoms with E-state index in [0.717, 1.165) is 23.1 Å². The first kappa shape index (κ1) is 18.7. The molecule has 7 heteroatoms. The fourth-order valence-electron chi connectivity index (χ4n) is 3.32. The smallest absolute Gasteiger partial charge is 0.252 e. The minimum Gasteiger partial charge on any atom is -0.496 e. The molecule has 1 aliphatic rings. The Bertz CT molecular complexity index is 882. The lowest BCUT2D eigenvalue weighted by molar-refractivity contribution is 0.0997. The molecule has 0 bridgehead atoms. The maximum Gasteiger partial charge on any atom is 0.252 e. The average molecular weight is 368 g/mol. The average Bonchev–Trinajstić information content (AvgIpc) is 3.21. The Kier molecular flexibility index (Phi) is 5.59. The van der Waals surface area contributed by atoms with Crippen LogP contribution in [0.3, 0.4) is 0 Å². The van der Waals surface area contributed by atoms with Crippen LogP contribution in [0.4, 0.5) is 4.39 Å². The van der Waals surface area contributed by atoms with Crippen molar-refractivity contribution < 1.29 is 13.9 Å². The SMILES string of the molecule is CCC(Cc1cc(C2C=NN=N2)cc(C(N)=O)c1OC)c1ccc(F)cc1. The molecule has 2 atom stereocenters. The zero-order valence-corrected chi connectivity index (χ0v) is 15.2. The van der Waals surface area contributed by atoms with E-state index in [2.05, 4.69) is 22.4 Å². The first-order chi connectivity index (χ1) is 13.0. The van der Waals surface area contributed by atoms with Gasteiger partial charge in [-0.05, 0) is 64.9 Å². The van der Waals surface area contributed by atoms with Gasteiger partial charge in [0.15, 0.2) is 0 Å². The Balaban J connectivity index is 2.03. The molecule has 140 valence electrons. The van der Waals surface area contributed by atoms with Crippen molar-refractivity contribution in [2.24, 2.45) is 21.2 Å². The highest BCUT2D eigenvalue weighted by atomic mass is 19.1. The quantitative estimate of drug-likeness (QED) is 0.795. The van der Waals surface area contributed by atoms with Crippen molar-refractivity contribution in [3.8, 4) is 5.75 Å². The molecule has 0 aromatic heterocycles. The van der Waals surface area contributed by atoms with Gasteiger partial charge in [0.1, 0.15) is 17.6 Å². The molecule has 2 unspecified atom stereocenters. The number of carbonyl (C=O) groups excluding carboxylic acids is 1. The molecule has 2 aromatic carbocycles. The van der Waals surface area contributed by atoms with Gasteiger partial charge in [0, 0.05) is 0 Å². The van der Waals surface area contributed by atoms with E-state index in [0.29, 0.717) is 17.7 Å². The van der Waals surface area contributed by atoms with Crippen molar-refractivity contribution in [2.75, 3.05) is 7.11 Å². The van der Waals surface area contributed by atoms with Crippen LogP contribution >= 0.6 is 0 Å². The molecule has 0 fully saturated rings. The van der Waals surface area contributed by atoms with E-state index >= 15 is 0 Å². The van der Waals surface area contributed by atoms with Crippen LogP contribution in [0.25, 0.3) is 0 Å². The van der Waals surface area contributed by atoms with Crippen LogP contribution in [0.15, 0.2) is 51.8 Å². The summed E-state index contributed by atoms with van der Waals surface area (Å²) in [6.07, 6.45) is 3.06. The zero-order valence-electron chi connectivity index (χ0n) is 15.2. The summed E-state index contributed by atoms with van der Waals surface area (Å²) >= 11 is 0. The Labute approximate surface area is 156 Å². The summed E-state index contributed by atoms with van der Waals surface area (Å²) < 4.78 is 18.8. The minimum absolute atomic E-state index is 0.134. The molecule has 6 nitrogen and oxygen atoms in total. The third-order valence-electron chi connectivity index (χ3n) is 4.74. The summed E-state index contributed by atoms with van der Waals surface area (Å²) in [5, 5.41) is 11.4. The molecular weight excluding hydrogens is 347 g/mol. The summed E-state index contributed by atoms with van der Waals surface area (Å²) in [6, 6.07) is 9.74. The third kappa shape index (κ3) is 4.02. The second kappa shape index (κ2) is 8.07. The van der Waals surface area contributed by atoms with E-state index in [1.54, 1.807) is 24.4 Å². The molecule has 1 aliphatic heterocycles. The summed E-state index contributed by atoms with van der Waals surface area (Å²) in [7, 11) is 1.51. The van der Waals surface area contributed by atoms with Crippen LogP contribution < -0.4 is 10.5 Å². The van der Waals surface area contributed by atoms with Gasteiger partial charge in [0.2, 0.25) is 0 Å². The Hall–Kier alpha value is -3.09. The highest BCUT2D eigenvalue weighted by Gasteiger charge is 2.22. The van der Waals surface area contributed by atoms with Gasteiger partial charge in [-0.25, -0.2) is 4.39 Å². The molecular formula is C20H21FN4O2. The molecule has 27 heavy (non-hydrogen) atoms. The minimum atomic E-state index is -0.573. The fourth-order valence-corrected chi connectivity index (χ4v) is 3.32. The van der Waals surface area contributed by atoms with E-state index in [1.807, 2.05) is 6.07 Å². The van der Waals surface area contributed by atoms with Crippen molar-refractivity contribution >= 4 is 12.1 Å². The third-order valence-corrected chi connectivity index (χ3v) is 4.74. The molecule has 1 heterocycles. The van der Waals surface area contributed by atoms with Gasteiger partial charge in [-0.2, -0.15) is 5.11 Å². The fraction of sp³-hybridized carbons (Fsp3) is 0.300. The normalized spacial score (nSPS) is 16.5. The summed E-state index contributed by atoms with van der Waals surface area (Å²) in [5.74, 6) is -0.250. The Morgan fingerprint density at radius 3 is 2.59 bits per heavy atom. The van der Waals surface area contributed by atoms with Crippen LogP contribution in [0.2, 0.25) is 0 Å². The lowest BCUT2D eigenvalue weighted by atomic mass is 9.87. The van der Waals surface area contributed by atoms with Crippen LogP contribution in [-0.4, -0.2) is 19.2 Å². The van der Waals surface area contributed by atoms with Gasteiger partial charge < -0.3 is 10.5 Å². The highest BCUT2D eigenvalue weighted by Crippen LogP contribution is 2.34. The molecule has 0 saturated carbocycles. The highest BCUT2D eigenvalue weighted by molar-refractivity contribution is 5.96. The van der Waals surface area contributed by atoms with Crippen molar-refractivity contribution in [2.45, 2.75) is 31.7 Å². The van der Waals surface area contributed by atoms with Gasteiger partial charge in [0.25, 0.3) is 5.91 Å². The van der Waals surface area contributed by atoms with Gasteiger partial charge >= 0.3 is 0 Å². The molecule has 0 aliphatic carbocycles. The number of halogens is 1. The van der Waals surface area contributed by atoms with E-state index in [9.17, 15) is 9.18 Å². The zero-order chi connectivity index (χ0) is 19.4. The molecule has 2 N–H and O–H groups in total. The maximum atomic E-state index is 13.3. The summed E-state index contributed by atoms with van der Waals surface area (Å²) in [6.45, 7) is 2.07. The first-order valence-corrected chi connectivity index (χ1v) is 8.72. The molecule has 1 amide bonds. The number of rotatable bonds is 7. The van der Waals surface area contributed by atoms with E-state index in [1.165, 1.54) is 19.2 Å². The number of nitrogens with two attached hydrogens (primary N) is 1.